The molecule has 4 heterocycles. The zero-order valence-electron chi connectivity index (χ0n) is 22.1. The smallest absolute Gasteiger partial charge is 0.113 e. The first-order valence-corrected chi connectivity index (χ1v) is 14.0. The lowest BCUT2D eigenvalue weighted by atomic mass is 10.1. The monoisotopic (exact) mass is 509 g/mol. The van der Waals surface area contributed by atoms with Crippen LogP contribution in [0.1, 0.15) is 36.5 Å². The summed E-state index contributed by atoms with van der Waals surface area (Å²) in [5.41, 5.74) is 7.34. The maximum absolute atomic E-state index is 9.52. The van der Waals surface area contributed by atoms with Crippen molar-refractivity contribution in [3.05, 3.63) is 59.4 Å². The molecule has 3 aromatic rings. The first-order chi connectivity index (χ1) is 18.6. The second kappa shape index (κ2) is 9.81. The van der Waals surface area contributed by atoms with Gasteiger partial charge in [-0.2, -0.15) is 5.26 Å². The first kappa shape index (κ1) is 23.8. The second-order valence-corrected chi connectivity index (χ2v) is 11.3. The molecule has 1 aliphatic carbocycles. The van der Waals surface area contributed by atoms with Gasteiger partial charge in [0, 0.05) is 83.0 Å². The number of hydrogen-bond donors (Lipinski definition) is 0. The Kier molecular flexibility index (Phi) is 6.15. The molecular formula is C30H35N7O. The Morgan fingerprint density at radius 1 is 0.921 bits per heavy atom. The van der Waals surface area contributed by atoms with Crippen LogP contribution in [-0.2, 0) is 17.8 Å². The van der Waals surface area contributed by atoms with Gasteiger partial charge in [-0.3, -0.25) is 19.8 Å². The highest BCUT2D eigenvalue weighted by Gasteiger charge is 2.33. The molecule has 7 rings (SSSR count). The van der Waals surface area contributed by atoms with Crippen LogP contribution < -0.4 is 9.80 Å². The van der Waals surface area contributed by atoms with E-state index >= 15 is 0 Å². The van der Waals surface area contributed by atoms with Crippen LogP contribution in [0.4, 0.5) is 11.4 Å². The number of nitrogens with zero attached hydrogens (tertiary/aromatic N) is 7. The fourth-order valence-electron chi connectivity index (χ4n) is 6.58. The summed E-state index contributed by atoms with van der Waals surface area (Å²) >= 11 is 0. The lowest BCUT2D eigenvalue weighted by Crippen LogP contribution is -2.50. The van der Waals surface area contributed by atoms with Crippen molar-refractivity contribution in [3.8, 4) is 6.07 Å². The predicted octanol–water partition coefficient (Wildman–Crippen LogP) is 3.40. The van der Waals surface area contributed by atoms with E-state index in [1.165, 1.54) is 42.7 Å². The van der Waals surface area contributed by atoms with Crippen LogP contribution in [0.3, 0.4) is 0 Å². The van der Waals surface area contributed by atoms with E-state index in [9.17, 15) is 5.26 Å². The third-order valence-electron chi connectivity index (χ3n) is 8.57. The maximum atomic E-state index is 9.52. The number of fused-ring (bicyclic) bond motifs is 2. The average molecular weight is 510 g/mol. The van der Waals surface area contributed by atoms with Gasteiger partial charge in [-0.15, -0.1) is 0 Å². The van der Waals surface area contributed by atoms with Gasteiger partial charge in [0.25, 0.3) is 0 Å². The molecule has 0 bridgehead atoms. The van der Waals surface area contributed by atoms with Gasteiger partial charge in [0.05, 0.1) is 23.5 Å². The minimum atomic E-state index is 0.102. The summed E-state index contributed by atoms with van der Waals surface area (Å²) in [6.45, 7) is 11.2. The van der Waals surface area contributed by atoms with E-state index in [2.05, 4.69) is 60.8 Å². The lowest BCUT2D eigenvalue weighted by molar-refractivity contribution is -0.0329. The summed E-state index contributed by atoms with van der Waals surface area (Å²) in [7, 11) is 0. The minimum Gasteiger partial charge on any atom is -0.370 e. The molecule has 3 aliphatic heterocycles. The molecule has 1 aromatic heterocycles. The molecule has 2 aromatic carbocycles. The Hall–Kier alpha value is -3.25. The molecule has 4 aliphatic rings. The summed E-state index contributed by atoms with van der Waals surface area (Å²) in [5.74, 6) is 0. The summed E-state index contributed by atoms with van der Waals surface area (Å²) in [5, 5.41) is 9.52. The Morgan fingerprint density at radius 3 is 2.50 bits per heavy atom. The van der Waals surface area contributed by atoms with E-state index in [1.807, 2.05) is 12.1 Å². The third-order valence-corrected chi connectivity index (χ3v) is 8.57. The largest absolute Gasteiger partial charge is 0.370 e. The highest BCUT2D eigenvalue weighted by molar-refractivity contribution is 5.92. The van der Waals surface area contributed by atoms with Crippen molar-refractivity contribution in [2.24, 2.45) is 0 Å². The lowest BCUT2D eigenvalue weighted by Gasteiger charge is -2.39. The van der Waals surface area contributed by atoms with Gasteiger partial charge in [-0.25, -0.2) is 0 Å². The van der Waals surface area contributed by atoms with E-state index in [0.29, 0.717) is 11.1 Å². The number of benzene rings is 2. The van der Waals surface area contributed by atoms with Gasteiger partial charge >= 0.3 is 0 Å². The molecule has 1 saturated carbocycles. The quantitative estimate of drug-likeness (QED) is 0.518. The minimum absolute atomic E-state index is 0.102. The van der Waals surface area contributed by atoms with E-state index in [0.717, 1.165) is 63.1 Å². The number of rotatable bonds is 5. The molecular weight excluding hydrogens is 474 g/mol. The zero-order valence-corrected chi connectivity index (χ0v) is 22.1. The Morgan fingerprint density at radius 2 is 1.71 bits per heavy atom. The molecule has 8 nitrogen and oxygen atoms in total. The van der Waals surface area contributed by atoms with E-state index in [4.69, 9.17) is 4.74 Å². The van der Waals surface area contributed by atoms with Crippen LogP contribution in [0.25, 0.3) is 11.0 Å². The molecule has 0 radical (unpaired) electrons. The number of piperazine rings is 1. The van der Waals surface area contributed by atoms with Crippen LogP contribution in [0.15, 0.2) is 42.7 Å². The molecule has 0 amide bonds. The number of ether oxygens (including phenoxy) is 1. The van der Waals surface area contributed by atoms with Gasteiger partial charge in [0.1, 0.15) is 17.1 Å². The van der Waals surface area contributed by atoms with Crippen molar-refractivity contribution in [3.63, 3.8) is 0 Å². The summed E-state index contributed by atoms with van der Waals surface area (Å²) < 4.78 is 6.42. The molecule has 0 spiro atoms. The normalized spacial score (nSPS) is 24.5. The number of morpholine rings is 1. The van der Waals surface area contributed by atoms with Crippen molar-refractivity contribution < 1.29 is 4.74 Å². The van der Waals surface area contributed by atoms with Gasteiger partial charge in [-0.05, 0) is 55.2 Å². The van der Waals surface area contributed by atoms with Crippen LogP contribution in [-0.4, -0.2) is 83.8 Å². The molecule has 0 unspecified atom stereocenters. The molecule has 196 valence electrons. The zero-order chi connectivity index (χ0) is 25.6. The van der Waals surface area contributed by atoms with E-state index in [-0.39, 0.29) is 12.2 Å². The fraction of sp³-hybridized carbons (Fsp3) is 0.500. The van der Waals surface area contributed by atoms with Crippen LogP contribution >= 0.6 is 0 Å². The summed E-state index contributed by atoms with van der Waals surface area (Å²) in [4.78, 5) is 19.2. The molecule has 2 saturated heterocycles. The highest BCUT2D eigenvalue weighted by Crippen LogP contribution is 2.32. The highest BCUT2D eigenvalue weighted by atomic mass is 16.5. The third kappa shape index (κ3) is 4.60. The average Bonchev–Trinajstić information content (AvgIpc) is 3.72. The molecule has 3 fully saturated rings. The summed E-state index contributed by atoms with van der Waals surface area (Å²) in [6, 6.07) is 14.1. The van der Waals surface area contributed by atoms with Gasteiger partial charge < -0.3 is 14.5 Å². The summed E-state index contributed by atoms with van der Waals surface area (Å²) in [6.07, 6.45) is 6.37. The number of nitriles is 1. The predicted molar refractivity (Wildman–Crippen MR) is 148 cm³/mol. The molecule has 2 atom stereocenters. The van der Waals surface area contributed by atoms with Gasteiger partial charge in [0.15, 0.2) is 0 Å². The van der Waals surface area contributed by atoms with Crippen LogP contribution in [0.5, 0.6) is 0 Å². The van der Waals surface area contributed by atoms with Crippen molar-refractivity contribution >= 4 is 22.4 Å². The Labute approximate surface area is 224 Å². The molecule has 8 heteroatoms. The van der Waals surface area contributed by atoms with Crippen molar-refractivity contribution in [1.82, 2.24) is 19.8 Å². The number of hydrogen-bond acceptors (Lipinski definition) is 8. The standard InChI is InChI=1S/C30H35N7O/c1-21-16-37(28-7-3-22(15-31)29-30(28)33-9-8-32-29)20-27(38-21)19-34-17-23-2-4-26(14-24(23)18-34)36-12-10-35(11-13-36)25-5-6-25/h2-4,7-9,14,21,25,27H,5-6,10-13,16-20H2,1H3/t21-,27+/m1/s1. The second-order valence-electron chi connectivity index (χ2n) is 11.3. The SMILES string of the molecule is C[C@@H]1CN(c2ccc(C#N)c3nccnc23)C[C@H](CN2Cc3ccc(N4CCN(C5CC5)CC4)cc3C2)O1. The van der Waals surface area contributed by atoms with Crippen molar-refractivity contribution in [2.45, 2.75) is 51.1 Å². The van der Waals surface area contributed by atoms with E-state index in [1.54, 1.807) is 12.4 Å². The number of aromatic nitrogens is 2. The van der Waals surface area contributed by atoms with Crippen LogP contribution in [0, 0.1) is 11.3 Å². The Balaban J connectivity index is 1.02. The van der Waals surface area contributed by atoms with Crippen LogP contribution in [0.2, 0.25) is 0 Å². The fourth-order valence-corrected chi connectivity index (χ4v) is 6.58. The van der Waals surface area contributed by atoms with Crippen molar-refractivity contribution in [1.29, 1.82) is 5.26 Å². The molecule has 0 N–H and O–H groups in total. The number of anilines is 2. The maximum Gasteiger partial charge on any atom is 0.113 e. The molecule has 38 heavy (non-hydrogen) atoms. The van der Waals surface area contributed by atoms with E-state index < -0.39 is 0 Å². The van der Waals surface area contributed by atoms with Gasteiger partial charge in [-0.1, -0.05) is 6.07 Å². The Bertz CT molecular complexity index is 1370. The topological polar surface area (TPSA) is 71.8 Å². The van der Waals surface area contributed by atoms with Crippen molar-refractivity contribution in [2.75, 3.05) is 55.6 Å². The van der Waals surface area contributed by atoms with Gasteiger partial charge in [0.2, 0.25) is 0 Å². The first-order valence-electron chi connectivity index (χ1n) is 14.0.